The lowest BCUT2D eigenvalue weighted by Gasteiger charge is -2.00. The first-order chi connectivity index (χ1) is 9.42. The number of fused-ring (bicyclic) bond motifs is 3. The molecule has 0 amide bonds. The van der Waals surface area contributed by atoms with E-state index in [1.54, 1.807) is 0 Å². The van der Waals surface area contributed by atoms with Crippen LogP contribution in [0.5, 0.6) is 0 Å². The topological polar surface area (TPSA) is 13.1 Å². The molecule has 0 aliphatic rings. The Morgan fingerprint density at radius 3 is 2.53 bits per heavy atom. The van der Waals surface area contributed by atoms with E-state index in [0.29, 0.717) is 0 Å². The molecule has 1 radical (unpaired) electrons. The summed E-state index contributed by atoms with van der Waals surface area (Å²) in [6, 6.07) is 25.8. The fraction of sp³-hybridized carbons (Fsp3) is 0. The summed E-state index contributed by atoms with van der Waals surface area (Å²) in [5.41, 5.74) is 4.18. The molecule has 0 aliphatic carbocycles. The van der Waals surface area contributed by atoms with Crippen molar-refractivity contribution in [3.05, 3.63) is 72.8 Å². The molecule has 0 saturated heterocycles. The minimum Gasteiger partial charge on any atom is -0.456 e. The third kappa shape index (κ3) is 1.63. The highest BCUT2D eigenvalue weighted by atomic mass is 16.3. The Morgan fingerprint density at radius 2 is 1.63 bits per heavy atom. The van der Waals surface area contributed by atoms with Crippen LogP contribution in [0.2, 0.25) is 0 Å². The smallest absolute Gasteiger partial charge is 0.136 e. The van der Waals surface area contributed by atoms with Crippen LogP contribution in [0.1, 0.15) is 0 Å². The molecule has 89 valence electrons. The number of benzene rings is 3. The van der Waals surface area contributed by atoms with Gasteiger partial charge in [-0.2, -0.15) is 0 Å². The van der Waals surface area contributed by atoms with E-state index < -0.39 is 0 Å². The molecule has 19 heavy (non-hydrogen) atoms. The van der Waals surface area contributed by atoms with Crippen LogP contribution in [0.4, 0.5) is 0 Å². The first kappa shape index (κ1) is 10.4. The van der Waals surface area contributed by atoms with E-state index in [2.05, 4.69) is 36.4 Å². The van der Waals surface area contributed by atoms with Crippen LogP contribution in [-0.4, -0.2) is 0 Å². The van der Waals surface area contributed by atoms with E-state index in [9.17, 15) is 0 Å². The Labute approximate surface area is 111 Å². The molecule has 0 fully saturated rings. The lowest BCUT2D eigenvalue weighted by Crippen LogP contribution is -1.76. The molecule has 0 aliphatic heterocycles. The number of hydrogen-bond donors (Lipinski definition) is 0. The summed E-state index contributed by atoms with van der Waals surface area (Å²) >= 11 is 0. The van der Waals surface area contributed by atoms with Crippen LogP contribution >= 0.6 is 0 Å². The Hall–Kier alpha value is -2.54. The summed E-state index contributed by atoms with van der Waals surface area (Å²) in [4.78, 5) is 0. The number of furan rings is 1. The molecule has 1 nitrogen and oxygen atoms in total. The third-order valence-corrected chi connectivity index (χ3v) is 3.40. The molecule has 1 aromatic heterocycles. The molecular formula is C18H11O. The second kappa shape index (κ2) is 3.99. The van der Waals surface area contributed by atoms with E-state index in [-0.39, 0.29) is 0 Å². The standard InChI is InChI=1S/C18H11O/c1-2-6-13(7-3-1)14-10-11-16-15-8-4-5-9-17(15)19-18(16)12-14/h1-7,9-12H. The van der Waals surface area contributed by atoms with E-state index in [1.807, 2.05) is 36.4 Å². The molecule has 0 atom stereocenters. The molecule has 1 heteroatoms. The predicted octanol–water partition coefficient (Wildman–Crippen LogP) is 5.05. The van der Waals surface area contributed by atoms with Crippen molar-refractivity contribution in [1.82, 2.24) is 0 Å². The van der Waals surface area contributed by atoms with Crippen LogP contribution in [0.25, 0.3) is 33.1 Å². The highest BCUT2D eigenvalue weighted by Crippen LogP contribution is 2.31. The van der Waals surface area contributed by atoms with Gasteiger partial charge in [0.1, 0.15) is 11.2 Å². The zero-order chi connectivity index (χ0) is 12.7. The van der Waals surface area contributed by atoms with Gasteiger partial charge in [0, 0.05) is 10.8 Å². The quantitative estimate of drug-likeness (QED) is 0.455. The van der Waals surface area contributed by atoms with Crippen molar-refractivity contribution in [1.29, 1.82) is 0 Å². The predicted molar refractivity (Wildman–Crippen MR) is 78.0 cm³/mol. The van der Waals surface area contributed by atoms with Crippen molar-refractivity contribution < 1.29 is 4.42 Å². The molecule has 3 aromatic carbocycles. The molecule has 4 aromatic rings. The Kier molecular flexibility index (Phi) is 2.18. The fourth-order valence-electron chi connectivity index (χ4n) is 2.46. The molecule has 0 N–H and O–H groups in total. The third-order valence-electron chi connectivity index (χ3n) is 3.40. The van der Waals surface area contributed by atoms with Crippen molar-refractivity contribution >= 4 is 21.9 Å². The molecule has 0 bridgehead atoms. The average Bonchev–Trinajstić information content (AvgIpc) is 2.86. The second-order valence-electron chi connectivity index (χ2n) is 4.59. The molecule has 0 saturated carbocycles. The SMILES string of the molecule is [c]1cccc2oc3cc(-c4ccccc4)ccc3c12. The molecular weight excluding hydrogens is 232 g/mol. The molecule has 4 rings (SSSR count). The first-order valence-corrected chi connectivity index (χ1v) is 6.30. The summed E-state index contributed by atoms with van der Waals surface area (Å²) in [6.07, 6.45) is 0. The van der Waals surface area contributed by atoms with Crippen LogP contribution in [0, 0.1) is 6.07 Å². The van der Waals surface area contributed by atoms with E-state index in [0.717, 1.165) is 21.9 Å². The first-order valence-electron chi connectivity index (χ1n) is 6.30. The van der Waals surface area contributed by atoms with E-state index in [1.165, 1.54) is 11.1 Å². The van der Waals surface area contributed by atoms with Crippen molar-refractivity contribution in [2.45, 2.75) is 0 Å². The summed E-state index contributed by atoms with van der Waals surface area (Å²) in [6.45, 7) is 0. The van der Waals surface area contributed by atoms with Gasteiger partial charge in [0.15, 0.2) is 0 Å². The van der Waals surface area contributed by atoms with Gasteiger partial charge in [-0.15, -0.1) is 0 Å². The van der Waals surface area contributed by atoms with Crippen molar-refractivity contribution in [2.75, 3.05) is 0 Å². The maximum atomic E-state index is 5.88. The van der Waals surface area contributed by atoms with Gasteiger partial charge < -0.3 is 4.42 Å². The highest BCUT2D eigenvalue weighted by Gasteiger charge is 2.07. The lowest BCUT2D eigenvalue weighted by molar-refractivity contribution is 0.669. The van der Waals surface area contributed by atoms with Crippen molar-refractivity contribution in [3.63, 3.8) is 0 Å². The van der Waals surface area contributed by atoms with Gasteiger partial charge in [-0.05, 0) is 35.4 Å². The van der Waals surface area contributed by atoms with Gasteiger partial charge in [0.25, 0.3) is 0 Å². The van der Waals surface area contributed by atoms with Crippen LogP contribution < -0.4 is 0 Å². The van der Waals surface area contributed by atoms with Gasteiger partial charge in [-0.25, -0.2) is 0 Å². The van der Waals surface area contributed by atoms with Crippen molar-refractivity contribution in [2.24, 2.45) is 0 Å². The molecule has 0 spiro atoms. The van der Waals surface area contributed by atoms with Gasteiger partial charge in [0.2, 0.25) is 0 Å². The molecule has 0 unspecified atom stereocenters. The zero-order valence-electron chi connectivity index (χ0n) is 10.3. The van der Waals surface area contributed by atoms with Gasteiger partial charge in [0.05, 0.1) is 0 Å². The zero-order valence-corrected chi connectivity index (χ0v) is 10.3. The lowest BCUT2D eigenvalue weighted by atomic mass is 10.0. The molecule has 1 heterocycles. The van der Waals surface area contributed by atoms with E-state index >= 15 is 0 Å². The van der Waals surface area contributed by atoms with Gasteiger partial charge in [-0.1, -0.05) is 48.5 Å². The normalized spacial score (nSPS) is 11.2. The Morgan fingerprint density at radius 1 is 0.737 bits per heavy atom. The fourth-order valence-corrected chi connectivity index (χ4v) is 2.46. The Balaban J connectivity index is 1.99. The number of hydrogen-bond acceptors (Lipinski definition) is 1. The second-order valence-corrected chi connectivity index (χ2v) is 4.59. The Bertz CT molecular complexity index is 857. The largest absolute Gasteiger partial charge is 0.456 e. The summed E-state index contributed by atoms with van der Waals surface area (Å²) in [7, 11) is 0. The minimum atomic E-state index is 0.891. The summed E-state index contributed by atoms with van der Waals surface area (Å²) in [5.74, 6) is 0. The van der Waals surface area contributed by atoms with Crippen molar-refractivity contribution in [3.8, 4) is 11.1 Å². The monoisotopic (exact) mass is 243 g/mol. The maximum Gasteiger partial charge on any atom is 0.136 e. The van der Waals surface area contributed by atoms with Gasteiger partial charge >= 0.3 is 0 Å². The average molecular weight is 243 g/mol. The maximum absolute atomic E-state index is 5.88. The van der Waals surface area contributed by atoms with Crippen LogP contribution in [0.3, 0.4) is 0 Å². The van der Waals surface area contributed by atoms with Gasteiger partial charge in [-0.3, -0.25) is 0 Å². The summed E-state index contributed by atoms with van der Waals surface area (Å²) < 4.78 is 5.88. The van der Waals surface area contributed by atoms with Crippen LogP contribution in [-0.2, 0) is 0 Å². The van der Waals surface area contributed by atoms with Crippen LogP contribution in [0.15, 0.2) is 71.1 Å². The summed E-state index contributed by atoms with van der Waals surface area (Å²) in [5, 5.41) is 2.17. The number of rotatable bonds is 1. The highest BCUT2D eigenvalue weighted by molar-refractivity contribution is 6.05. The minimum absolute atomic E-state index is 0.891. The van der Waals surface area contributed by atoms with E-state index in [4.69, 9.17) is 4.42 Å².